The van der Waals surface area contributed by atoms with Gasteiger partial charge in [0.2, 0.25) is 0 Å². The molecular formula is C3H8N2O2. The van der Waals surface area contributed by atoms with Gasteiger partial charge < -0.3 is 5.32 Å². The van der Waals surface area contributed by atoms with Crippen molar-refractivity contribution in [2.75, 3.05) is 13.1 Å². The Labute approximate surface area is 41.4 Å². The summed E-state index contributed by atoms with van der Waals surface area (Å²) in [6.07, 6.45) is 1.74. The molecular weight excluding hydrogens is 96.0 g/mol. The second-order valence-electron chi connectivity index (χ2n) is 0.989. The van der Waals surface area contributed by atoms with Crippen molar-refractivity contribution in [3.63, 3.8) is 0 Å². The van der Waals surface area contributed by atoms with Crippen molar-refractivity contribution in [2.24, 2.45) is 4.99 Å². The lowest BCUT2D eigenvalue weighted by Gasteiger charge is -1.75. The van der Waals surface area contributed by atoms with Crippen molar-refractivity contribution >= 4 is 6.34 Å². The zero-order valence-corrected chi connectivity index (χ0v) is 3.83. The summed E-state index contributed by atoms with van der Waals surface area (Å²) in [6, 6.07) is 0. The van der Waals surface area contributed by atoms with Gasteiger partial charge in [0.05, 0.1) is 12.9 Å². The number of nitrogens with one attached hydrogen (secondary N) is 1. The van der Waals surface area contributed by atoms with Gasteiger partial charge in [0, 0.05) is 6.54 Å². The highest BCUT2D eigenvalue weighted by Gasteiger charge is 1.82. The molecule has 0 atom stereocenters. The monoisotopic (exact) mass is 104 g/mol. The molecule has 0 aromatic heterocycles. The SMILES string of the molecule is C1=NCCN1.OO. The third kappa shape index (κ3) is 3.21. The zero-order valence-electron chi connectivity index (χ0n) is 3.83. The maximum absolute atomic E-state index is 6.00. The van der Waals surface area contributed by atoms with Gasteiger partial charge in [-0.1, -0.05) is 0 Å². The predicted octanol–water partition coefficient (Wildman–Crippen LogP) is -0.365. The zero-order chi connectivity index (χ0) is 5.54. The molecule has 1 aliphatic rings. The fourth-order valence-electron chi connectivity index (χ4n) is 0.323. The van der Waals surface area contributed by atoms with Crippen molar-refractivity contribution in [3.05, 3.63) is 0 Å². The fraction of sp³-hybridized carbons (Fsp3) is 0.667. The number of hydrogen-bond donors (Lipinski definition) is 3. The summed E-state index contributed by atoms with van der Waals surface area (Å²) in [5.74, 6) is 0. The molecule has 0 amide bonds. The fourth-order valence-corrected chi connectivity index (χ4v) is 0.323. The van der Waals surface area contributed by atoms with Crippen LogP contribution in [0.1, 0.15) is 0 Å². The second-order valence-corrected chi connectivity index (χ2v) is 0.989. The first-order valence-electron chi connectivity index (χ1n) is 1.92. The van der Waals surface area contributed by atoms with E-state index in [1.807, 2.05) is 0 Å². The summed E-state index contributed by atoms with van der Waals surface area (Å²) in [6.45, 7) is 1.99. The molecule has 3 N–H and O–H groups in total. The number of aliphatic imine (C=N–C) groups is 1. The standard InChI is InChI=1S/C3H6N2.H2O2/c1-2-5-3-4-1;1-2/h3H,1-2H2,(H,4,5);1-2H. The molecule has 1 heterocycles. The lowest BCUT2D eigenvalue weighted by atomic mass is 10.7. The molecule has 42 valence electrons. The first kappa shape index (κ1) is 6.39. The van der Waals surface area contributed by atoms with Gasteiger partial charge >= 0.3 is 0 Å². The largest absolute Gasteiger partial charge is 0.375 e. The molecule has 0 aliphatic carbocycles. The Morgan fingerprint density at radius 1 is 1.57 bits per heavy atom. The second kappa shape index (κ2) is 5.39. The minimum absolute atomic E-state index is 0.958. The van der Waals surface area contributed by atoms with Crippen LogP contribution in [0, 0.1) is 0 Å². The quantitative estimate of drug-likeness (QED) is 0.290. The molecule has 4 nitrogen and oxygen atoms in total. The molecule has 0 bridgehead atoms. The molecule has 0 saturated heterocycles. The van der Waals surface area contributed by atoms with E-state index in [1.165, 1.54) is 0 Å². The van der Waals surface area contributed by atoms with E-state index < -0.39 is 0 Å². The van der Waals surface area contributed by atoms with Crippen LogP contribution in [0.4, 0.5) is 0 Å². The smallest absolute Gasteiger partial charge is 0.0825 e. The Hall–Kier alpha value is -0.610. The predicted molar refractivity (Wildman–Crippen MR) is 26.6 cm³/mol. The maximum Gasteiger partial charge on any atom is 0.0825 e. The summed E-state index contributed by atoms with van der Waals surface area (Å²) in [5.41, 5.74) is 0. The van der Waals surface area contributed by atoms with E-state index >= 15 is 0 Å². The number of hydrogen-bond acceptors (Lipinski definition) is 4. The van der Waals surface area contributed by atoms with Crippen LogP contribution in [0.25, 0.3) is 0 Å². The van der Waals surface area contributed by atoms with Crippen LogP contribution >= 0.6 is 0 Å². The molecule has 0 unspecified atom stereocenters. The van der Waals surface area contributed by atoms with Crippen LogP contribution in [-0.4, -0.2) is 29.9 Å². The summed E-state index contributed by atoms with van der Waals surface area (Å²) in [5, 5.41) is 14.9. The van der Waals surface area contributed by atoms with Gasteiger partial charge in [0.1, 0.15) is 0 Å². The van der Waals surface area contributed by atoms with Crippen LogP contribution < -0.4 is 5.32 Å². The average Bonchev–Trinajstić information content (AvgIpc) is 2.23. The van der Waals surface area contributed by atoms with E-state index in [2.05, 4.69) is 10.3 Å². The van der Waals surface area contributed by atoms with Gasteiger partial charge in [-0.25, -0.2) is 0 Å². The average molecular weight is 104 g/mol. The Kier molecular flexibility index (Phi) is 4.92. The lowest BCUT2D eigenvalue weighted by Crippen LogP contribution is -2.04. The lowest BCUT2D eigenvalue weighted by molar-refractivity contribution is -0.176. The van der Waals surface area contributed by atoms with Gasteiger partial charge in [0.25, 0.3) is 0 Å². The summed E-state index contributed by atoms with van der Waals surface area (Å²) in [7, 11) is 0. The van der Waals surface area contributed by atoms with Crippen molar-refractivity contribution in [3.8, 4) is 0 Å². The topological polar surface area (TPSA) is 64.9 Å². The maximum atomic E-state index is 6.00. The summed E-state index contributed by atoms with van der Waals surface area (Å²) >= 11 is 0. The molecule has 0 saturated carbocycles. The van der Waals surface area contributed by atoms with Gasteiger partial charge in [-0.3, -0.25) is 15.5 Å². The van der Waals surface area contributed by atoms with Gasteiger partial charge in [-0.2, -0.15) is 0 Å². The molecule has 0 radical (unpaired) electrons. The Bertz CT molecular complexity index is 48.9. The number of rotatable bonds is 0. The van der Waals surface area contributed by atoms with Gasteiger partial charge in [-0.15, -0.1) is 0 Å². The van der Waals surface area contributed by atoms with E-state index in [9.17, 15) is 0 Å². The van der Waals surface area contributed by atoms with Gasteiger partial charge in [-0.05, 0) is 0 Å². The minimum Gasteiger partial charge on any atom is -0.375 e. The highest BCUT2D eigenvalue weighted by atomic mass is 17.0. The van der Waals surface area contributed by atoms with E-state index in [0.717, 1.165) is 13.1 Å². The molecule has 0 aromatic carbocycles. The Balaban J connectivity index is 0.000000162. The van der Waals surface area contributed by atoms with Crippen LogP contribution in [0.2, 0.25) is 0 Å². The molecule has 4 heteroatoms. The third-order valence-electron chi connectivity index (χ3n) is 0.568. The van der Waals surface area contributed by atoms with Crippen molar-refractivity contribution < 1.29 is 10.5 Å². The molecule has 0 fully saturated rings. The minimum atomic E-state index is 0.958. The molecule has 7 heavy (non-hydrogen) atoms. The van der Waals surface area contributed by atoms with Crippen molar-refractivity contribution in [1.82, 2.24) is 5.32 Å². The first-order chi connectivity index (χ1) is 3.50. The van der Waals surface area contributed by atoms with Crippen LogP contribution in [0.5, 0.6) is 0 Å². The highest BCUT2D eigenvalue weighted by molar-refractivity contribution is 5.56. The molecule has 1 rings (SSSR count). The normalized spacial score (nSPS) is 14.6. The highest BCUT2D eigenvalue weighted by Crippen LogP contribution is 1.68. The van der Waals surface area contributed by atoms with Crippen LogP contribution in [0.15, 0.2) is 4.99 Å². The first-order valence-corrected chi connectivity index (χ1v) is 1.92. The van der Waals surface area contributed by atoms with E-state index in [-0.39, 0.29) is 0 Å². The summed E-state index contributed by atoms with van der Waals surface area (Å²) < 4.78 is 0. The van der Waals surface area contributed by atoms with Crippen LogP contribution in [-0.2, 0) is 0 Å². The third-order valence-corrected chi connectivity index (χ3v) is 0.568. The van der Waals surface area contributed by atoms with E-state index in [0.29, 0.717) is 0 Å². The Morgan fingerprint density at radius 2 is 2.29 bits per heavy atom. The molecule has 0 spiro atoms. The van der Waals surface area contributed by atoms with E-state index in [4.69, 9.17) is 10.5 Å². The van der Waals surface area contributed by atoms with Crippen molar-refractivity contribution in [1.29, 1.82) is 0 Å². The Morgan fingerprint density at radius 3 is 2.43 bits per heavy atom. The number of nitrogens with zero attached hydrogens (tertiary/aromatic N) is 1. The molecule has 1 aliphatic heterocycles. The van der Waals surface area contributed by atoms with E-state index in [1.54, 1.807) is 6.34 Å². The van der Waals surface area contributed by atoms with Crippen LogP contribution in [0.3, 0.4) is 0 Å². The summed E-state index contributed by atoms with van der Waals surface area (Å²) in [4.78, 5) is 3.85. The van der Waals surface area contributed by atoms with Crippen molar-refractivity contribution in [2.45, 2.75) is 0 Å². The molecule has 0 aromatic rings. The van der Waals surface area contributed by atoms with Gasteiger partial charge in [0.15, 0.2) is 0 Å².